The summed E-state index contributed by atoms with van der Waals surface area (Å²) < 4.78 is 6.65. The van der Waals surface area contributed by atoms with Crippen LogP contribution < -0.4 is 9.64 Å². The van der Waals surface area contributed by atoms with E-state index in [1.807, 2.05) is 61.5 Å². The van der Waals surface area contributed by atoms with E-state index in [9.17, 15) is 0 Å². The molecular weight excluding hydrogens is 306 g/mol. The molecule has 0 unspecified atom stereocenters. The standard InChI is InChI=1S/C15H16BrNO2/c1-17(2)12-4-3-5-13(8-12)19-14-7-6-11(10-18)15(16)9-14/h3-9,18H,10H2,1-2H3. The van der Waals surface area contributed by atoms with Crippen molar-refractivity contribution in [3.8, 4) is 11.5 Å². The molecular formula is C15H16BrNO2. The fourth-order valence-electron chi connectivity index (χ4n) is 1.68. The molecule has 1 N–H and O–H groups in total. The van der Waals surface area contributed by atoms with Gasteiger partial charge in [0.05, 0.1) is 6.61 Å². The van der Waals surface area contributed by atoms with Crippen LogP contribution in [0.1, 0.15) is 5.56 Å². The first-order chi connectivity index (χ1) is 9.10. The number of anilines is 1. The van der Waals surface area contributed by atoms with Gasteiger partial charge in [0, 0.05) is 30.3 Å². The maximum Gasteiger partial charge on any atom is 0.129 e. The third kappa shape index (κ3) is 3.49. The average Bonchev–Trinajstić information content (AvgIpc) is 2.39. The van der Waals surface area contributed by atoms with Crippen LogP contribution in [-0.4, -0.2) is 19.2 Å². The zero-order chi connectivity index (χ0) is 13.8. The van der Waals surface area contributed by atoms with Crippen molar-refractivity contribution in [2.24, 2.45) is 0 Å². The molecule has 0 saturated carbocycles. The molecule has 0 fully saturated rings. The molecule has 0 aromatic heterocycles. The molecule has 0 aliphatic heterocycles. The molecule has 4 heteroatoms. The molecule has 0 amide bonds. The quantitative estimate of drug-likeness (QED) is 0.929. The maximum atomic E-state index is 9.12. The van der Waals surface area contributed by atoms with Gasteiger partial charge >= 0.3 is 0 Å². The van der Waals surface area contributed by atoms with Gasteiger partial charge in [-0.25, -0.2) is 0 Å². The molecule has 0 radical (unpaired) electrons. The highest BCUT2D eigenvalue weighted by Gasteiger charge is 2.04. The van der Waals surface area contributed by atoms with Crippen LogP contribution in [0.25, 0.3) is 0 Å². The number of benzene rings is 2. The van der Waals surface area contributed by atoms with Crippen LogP contribution in [0.3, 0.4) is 0 Å². The van der Waals surface area contributed by atoms with Crippen LogP contribution in [0.2, 0.25) is 0 Å². The first-order valence-corrected chi connectivity index (χ1v) is 6.74. The number of aliphatic hydroxyl groups excluding tert-OH is 1. The second-order valence-electron chi connectivity index (χ2n) is 4.41. The van der Waals surface area contributed by atoms with Crippen molar-refractivity contribution in [1.29, 1.82) is 0 Å². The minimum atomic E-state index is 0.0109. The molecule has 3 nitrogen and oxygen atoms in total. The third-order valence-electron chi connectivity index (χ3n) is 2.76. The lowest BCUT2D eigenvalue weighted by molar-refractivity contribution is 0.281. The second-order valence-corrected chi connectivity index (χ2v) is 5.26. The summed E-state index contributed by atoms with van der Waals surface area (Å²) in [5, 5.41) is 9.12. The third-order valence-corrected chi connectivity index (χ3v) is 3.50. The van der Waals surface area contributed by atoms with Gasteiger partial charge in [0.15, 0.2) is 0 Å². The zero-order valence-corrected chi connectivity index (χ0v) is 12.5. The summed E-state index contributed by atoms with van der Waals surface area (Å²) in [4.78, 5) is 2.03. The summed E-state index contributed by atoms with van der Waals surface area (Å²) in [7, 11) is 3.98. The topological polar surface area (TPSA) is 32.7 Å². The van der Waals surface area contributed by atoms with E-state index in [0.717, 1.165) is 27.2 Å². The first kappa shape index (κ1) is 13.9. The van der Waals surface area contributed by atoms with Crippen molar-refractivity contribution in [2.45, 2.75) is 6.61 Å². The Hall–Kier alpha value is -1.52. The molecule has 19 heavy (non-hydrogen) atoms. The number of halogens is 1. The van der Waals surface area contributed by atoms with Gasteiger partial charge in [0.1, 0.15) is 11.5 Å². The number of nitrogens with zero attached hydrogens (tertiary/aromatic N) is 1. The number of aliphatic hydroxyl groups is 1. The van der Waals surface area contributed by atoms with Gasteiger partial charge in [-0.3, -0.25) is 0 Å². The Bertz CT molecular complexity index is 570. The van der Waals surface area contributed by atoms with Crippen LogP contribution in [-0.2, 0) is 6.61 Å². The summed E-state index contributed by atoms with van der Waals surface area (Å²) in [6.07, 6.45) is 0. The highest BCUT2D eigenvalue weighted by molar-refractivity contribution is 9.10. The minimum absolute atomic E-state index is 0.0109. The smallest absolute Gasteiger partial charge is 0.129 e. The summed E-state index contributed by atoms with van der Waals surface area (Å²) in [5.74, 6) is 1.52. The van der Waals surface area contributed by atoms with E-state index < -0.39 is 0 Å². The molecule has 0 atom stereocenters. The highest BCUT2D eigenvalue weighted by Crippen LogP contribution is 2.28. The monoisotopic (exact) mass is 321 g/mol. The lowest BCUT2D eigenvalue weighted by Crippen LogP contribution is -2.08. The largest absolute Gasteiger partial charge is 0.457 e. The van der Waals surface area contributed by atoms with Gasteiger partial charge in [-0.2, -0.15) is 0 Å². The van der Waals surface area contributed by atoms with Gasteiger partial charge in [0.25, 0.3) is 0 Å². The number of rotatable bonds is 4. The highest BCUT2D eigenvalue weighted by atomic mass is 79.9. The lowest BCUT2D eigenvalue weighted by atomic mass is 10.2. The van der Waals surface area contributed by atoms with Crippen molar-refractivity contribution < 1.29 is 9.84 Å². The Morgan fingerprint density at radius 2 is 1.84 bits per heavy atom. The van der Waals surface area contributed by atoms with Crippen molar-refractivity contribution in [2.75, 3.05) is 19.0 Å². The molecule has 0 aliphatic carbocycles. The van der Waals surface area contributed by atoms with E-state index in [0.29, 0.717) is 0 Å². The average molecular weight is 322 g/mol. The van der Waals surface area contributed by atoms with Gasteiger partial charge < -0.3 is 14.7 Å². The van der Waals surface area contributed by atoms with Crippen LogP contribution >= 0.6 is 15.9 Å². The number of hydrogen-bond donors (Lipinski definition) is 1. The number of hydrogen-bond acceptors (Lipinski definition) is 3. The van der Waals surface area contributed by atoms with Crippen molar-refractivity contribution in [3.63, 3.8) is 0 Å². The molecule has 2 rings (SSSR count). The van der Waals surface area contributed by atoms with E-state index >= 15 is 0 Å². The molecule has 0 heterocycles. The summed E-state index contributed by atoms with van der Waals surface area (Å²) in [5.41, 5.74) is 1.93. The summed E-state index contributed by atoms with van der Waals surface area (Å²) in [6.45, 7) is 0.0109. The predicted molar refractivity (Wildman–Crippen MR) is 80.9 cm³/mol. The normalized spacial score (nSPS) is 10.3. The fraction of sp³-hybridized carbons (Fsp3) is 0.200. The van der Waals surface area contributed by atoms with Gasteiger partial charge in [0.2, 0.25) is 0 Å². The Labute approximate surface area is 121 Å². The van der Waals surface area contributed by atoms with Crippen LogP contribution in [0.4, 0.5) is 5.69 Å². The fourth-order valence-corrected chi connectivity index (χ4v) is 2.16. The second kappa shape index (κ2) is 6.08. The molecule has 0 saturated heterocycles. The van der Waals surface area contributed by atoms with E-state index in [1.165, 1.54) is 0 Å². The minimum Gasteiger partial charge on any atom is -0.457 e. The van der Waals surface area contributed by atoms with Crippen molar-refractivity contribution in [1.82, 2.24) is 0 Å². The molecule has 0 spiro atoms. The molecule has 2 aromatic carbocycles. The van der Waals surface area contributed by atoms with E-state index in [2.05, 4.69) is 15.9 Å². The van der Waals surface area contributed by atoms with E-state index in [4.69, 9.17) is 9.84 Å². The lowest BCUT2D eigenvalue weighted by Gasteiger charge is -2.14. The van der Waals surface area contributed by atoms with Gasteiger partial charge in [-0.15, -0.1) is 0 Å². The van der Waals surface area contributed by atoms with E-state index in [1.54, 1.807) is 0 Å². The Morgan fingerprint density at radius 3 is 2.47 bits per heavy atom. The van der Waals surface area contributed by atoms with E-state index in [-0.39, 0.29) is 6.61 Å². The van der Waals surface area contributed by atoms with Crippen molar-refractivity contribution >= 4 is 21.6 Å². The molecule has 0 bridgehead atoms. The zero-order valence-electron chi connectivity index (χ0n) is 10.9. The molecule has 100 valence electrons. The Morgan fingerprint density at radius 1 is 1.11 bits per heavy atom. The molecule has 0 aliphatic rings. The van der Waals surface area contributed by atoms with Crippen LogP contribution in [0.15, 0.2) is 46.9 Å². The van der Waals surface area contributed by atoms with Crippen molar-refractivity contribution in [3.05, 3.63) is 52.5 Å². The van der Waals surface area contributed by atoms with Gasteiger partial charge in [-0.1, -0.05) is 28.1 Å². The SMILES string of the molecule is CN(C)c1cccc(Oc2ccc(CO)c(Br)c2)c1. The summed E-state index contributed by atoms with van der Waals surface area (Å²) >= 11 is 3.41. The number of ether oxygens (including phenoxy) is 1. The Kier molecular flexibility index (Phi) is 4.45. The van der Waals surface area contributed by atoms with Crippen LogP contribution in [0.5, 0.6) is 11.5 Å². The Balaban J connectivity index is 2.21. The summed E-state index contributed by atoms with van der Waals surface area (Å²) in [6, 6.07) is 13.4. The molecule has 2 aromatic rings. The van der Waals surface area contributed by atoms with Crippen LogP contribution in [0, 0.1) is 0 Å². The predicted octanol–water partition coefficient (Wildman–Crippen LogP) is 3.80. The van der Waals surface area contributed by atoms with Gasteiger partial charge in [-0.05, 0) is 29.8 Å². The first-order valence-electron chi connectivity index (χ1n) is 5.94. The maximum absolute atomic E-state index is 9.12.